The molecule has 0 aromatic heterocycles. The number of sulfonamides is 1. The molecule has 0 radical (unpaired) electrons. The first-order chi connectivity index (χ1) is 11.3. The highest BCUT2D eigenvalue weighted by Crippen LogP contribution is 2.23. The minimum atomic E-state index is -3.51. The average Bonchev–Trinajstić information content (AvgIpc) is 2.49. The molecular formula is C17H27N3O3S. The number of hydrogen-bond acceptors (Lipinski definition) is 3. The van der Waals surface area contributed by atoms with Crippen molar-refractivity contribution in [2.75, 3.05) is 5.32 Å². The van der Waals surface area contributed by atoms with Gasteiger partial charge in [-0.3, -0.25) is 0 Å². The van der Waals surface area contributed by atoms with Crippen molar-refractivity contribution in [1.82, 2.24) is 10.0 Å². The van der Waals surface area contributed by atoms with Crippen molar-refractivity contribution in [3.63, 3.8) is 0 Å². The van der Waals surface area contributed by atoms with Crippen molar-refractivity contribution < 1.29 is 13.2 Å². The topological polar surface area (TPSA) is 87.3 Å². The fourth-order valence-corrected chi connectivity index (χ4v) is 4.21. The number of rotatable bonds is 5. The summed E-state index contributed by atoms with van der Waals surface area (Å²) in [5.41, 5.74) is 0.569. The zero-order chi connectivity index (χ0) is 17.7. The van der Waals surface area contributed by atoms with E-state index in [1.165, 1.54) is 18.6 Å². The van der Waals surface area contributed by atoms with E-state index in [4.69, 9.17) is 0 Å². The number of anilines is 1. The quantitative estimate of drug-likeness (QED) is 0.760. The lowest BCUT2D eigenvalue weighted by Crippen LogP contribution is -2.43. The van der Waals surface area contributed by atoms with Crippen LogP contribution in [0.5, 0.6) is 0 Å². The van der Waals surface area contributed by atoms with Crippen LogP contribution >= 0.6 is 0 Å². The first-order valence-corrected chi connectivity index (χ1v) is 9.96. The first kappa shape index (κ1) is 18.7. The summed E-state index contributed by atoms with van der Waals surface area (Å²) >= 11 is 0. The molecule has 1 aliphatic carbocycles. The molecule has 24 heavy (non-hydrogen) atoms. The molecular weight excluding hydrogens is 326 g/mol. The summed E-state index contributed by atoms with van der Waals surface area (Å²) in [4.78, 5) is 12.3. The highest BCUT2D eigenvalue weighted by atomic mass is 32.2. The van der Waals surface area contributed by atoms with E-state index in [1.807, 2.05) is 0 Å². The third kappa shape index (κ3) is 5.21. The van der Waals surface area contributed by atoms with Crippen LogP contribution in [-0.4, -0.2) is 26.5 Å². The van der Waals surface area contributed by atoms with E-state index in [1.54, 1.807) is 26.0 Å². The molecule has 1 aromatic rings. The van der Waals surface area contributed by atoms with E-state index in [0.29, 0.717) is 11.6 Å². The van der Waals surface area contributed by atoms with Gasteiger partial charge in [0.1, 0.15) is 0 Å². The van der Waals surface area contributed by atoms with Gasteiger partial charge in [0.2, 0.25) is 10.0 Å². The lowest BCUT2D eigenvalue weighted by molar-refractivity contribution is 0.232. The van der Waals surface area contributed by atoms with Crippen molar-refractivity contribution in [3.8, 4) is 0 Å². The zero-order valence-corrected chi connectivity index (χ0v) is 15.3. The van der Waals surface area contributed by atoms with Gasteiger partial charge in [-0.1, -0.05) is 19.8 Å². The molecule has 1 fully saturated rings. The van der Waals surface area contributed by atoms with Crippen LogP contribution in [0.1, 0.15) is 46.5 Å². The van der Waals surface area contributed by atoms with Crippen molar-refractivity contribution in [2.45, 2.75) is 63.4 Å². The van der Waals surface area contributed by atoms with Gasteiger partial charge in [0.15, 0.2) is 0 Å². The molecule has 0 heterocycles. The predicted molar refractivity (Wildman–Crippen MR) is 95.5 cm³/mol. The molecule has 0 aliphatic heterocycles. The number of benzene rings is 1. The minimum absolute atomic E-state index is 0.170. The van der Waals surface area contributed by atoms with Crippen molar-refractivity contribution in [3.05, 3.63) is 24.3 Å². The monoisotopic (exact) mass is 353 g/mol. The molecule has 1 aromatic carbocycles. The Bertz CT molecular complexity index is 656. The summed E-state index contributed by atoms with van der Waals surface area (Å²) < 4.78 is 26.7. The van der Waals surface area contributed by atoms with Crippen LogP contribution in [0.4, 0.5) is 10.5 Å². The summed E-state index contributed by atoms with van der Waals surface area (Å²) in [6.07, 6.45) is 4.51. The van der Waals surface area contributed by atoms with Gasteiger partial charge < -0.3 is 10.6 Å². The molecule has 2 atom stereocenters. The second-order valence-corrected chi connectivity index (χ2v) is 8.48. The number of amides is 2. The minimum Gasteiger partial charge on any atom is -0.335 e. The number of carbonyl (C=O) groups excluding carboxylic acids is 1. The van der Waals surface area contributed by atoms with Crippen molar-refractivity contribution >= 4 is 21.7 Å². The highest BCUT2D eigenvalue weighted by Gasteiger charge is 2.22. The Morgan fingerprint density at radius 1 is 1.12 bits per heavy atom. The smallest absolute Gasteiger partial charge is 0.319 e. The van der Waals surface area contributed by atoms with Gasteiger partial charge in [-0.25, -0.2) is 17.9 Å². The number of carbonyl (C=O) groups is 1. The van der Waals surface area contributed by atoms with E-state index >= 15 is 0 Å². The lowest BCUT2D eigenvalue weighted by atomic mass is 9.86. The van der Waals surface area contributed by atoms with E-state index < -0.39 is 10.0 Å². The molecule has 0 bridgehead atoms. The zero-order valence-electron chi connectivity index (χ0n) is 14.5. The van der Waals surface area contributed by atoms with E-state index in [9.17, 15) is 13.2 Å². The Kier molecular flexibility index (Phi) is 6.23. The summed E-state index contributed by atoms with van der Waals surface area (Å²) in [6.45, 7) is 5.69. The van der Waals surface area contributed by atoms with Gasteiger partial charge >= 0.3 is 6.03 Å². The SMILES string of the molecule is CC(C)NS(=O)(=O)c1ccc(NC(=O)NC2CCCCC2C)cc1. The molecule has 2 unspecified atom stereocenters. The number of urea groups is 1. The standard InChI is InChI=1S/C17H27N3O3S/c1-12(2)20-24(22,23)15-10-8-14(9-11-15)18-17(21)19-16-7-5-4-6-13(16)3/h8-13,16,20H,4-7H2,1-3H3,(H2,18,19,21). The van der Waals surface area contributed by atoms with Gasteiger partial charge in [0.25, 0.3) is 0 Å². The highest BCUT2D eigenvalue weighted by molar-refractivity contribution is 7.89. The maximum absolute atomic E-state index is 12.1. The van der Waals surface area contributed by atoms with E-state index in [2.05, 4.69) is 22.3 Å². The van der Waals surface area contributed by atoms with Gasteiger partial charge in [-0.15, -0.1) is 0 Å². The normalized spacial score (nSPS) is 21.5. The Hall–Kier alpha value is -1.60. The van der Waals surface area contributed by atoms with Crippen LogP contribution in [0.15, 0.2) is 29.2 Å². The molecule has 7 heteroatoms. The predicted octanol–water partition coefficient (Wildman–Crippen LogP) is 3.07. The maximum atomic E-state index is 12.1. The molecule has 0 spiro atoms. The average molecular weight is 353 g/mol. The molecule has 2 rings (SSSR count). The molecule has 1 aliphatic rings. The van der Waals surface area contributed by atoms with Gasteiger partial charge in [-0.2, -0.15) is 0 Å². The second-order valence-electron chi connectivity index (χ2n) is 6.77. The third-order valence-electron chi connectivity index (χ3n) is 4.24. The summed E-state index contributed by atoms with van der Waals surface area (Å²) in [5, 5.41) is 5.77. The Labute approximate surface area is 144 Å². The van der Waals surface area contributed by atoms with Crippen LogP contribution < -0.4 is 15.4 Å². The van der Waals surface area contributed by atoms with E-state index in [-0.39, 0.29) is 23.0 Å². The van der Waals surface area contributed by atoms with Gasteiger partial charge in [0.05, 0.1) is 4.90 Å². The largest absolute Gasteiger partial charge is 0.335 e. The van der Waals surface area contributed by atoms with Crippen LogP contribution in [0.25, 0.3) is 0 Å². The van der Waals surface area contributed by atoms with Crippen LogP contribution in [0, 0.1) is 5.92 Å². The molecule has 0 saturated heterocycles. The van der Waals surface area contributed by atoms with Crippen molar-refractivity contribution in [1.29, 1.82) is 0 Å². The third-order valence-corrected chi connectivity index (χ3v) is 5.92. The Morgan fingerprint density at radius 3 is 2.33 bits per heavy atom. The van der Waals surface area contributed by atoms with Crippen LogP contribution in [-0.2, 0) is 10.0 Å². The summed E-state index contributed by atoms with van der Waals surface area (Å²) in [5.74, 6) is 0.485. The fraction of sp³-hybridized carbons (Fsp3) is 0.588. The number of hydrogen-bond donors (Lipinski definition) is 3. The maximum Gasteiger partial charge on any atom is 0.319 e. The molecule has 6 nitrogen and oxygen atoms in total. The molecule has 3 N–H and O–H groups in total. The first-order valence-electron chi connectivity index (χ1n) is 8.48. The fourth-order valence-electron chi connectivity index (χ4n) is 2.96. The molecule has 134 valence electrons. The van der Waals surface area contributed by atoms with Crippen LogP contribution in [0.2, 0.25) is 0 Å². The number of nitrogens with one attached hydrogen (secondary N) is 3. The van der Waals surface area contributed by atoms with Gasteiger partial charge in [0, 0.05) is 17.8 Å². The lowest BCUT2D eigenvalue weighted by Gasteiger charge is -2.29. The molecule has 1 saturated carbocycles. The van der Waals surface area contributed by atoms with Gasteiger partial charge in [-0.05, 0) is 56.9 Å². The Morgan fingerprint density at radius 2 is 1.75 bits per heavy atom. The van der Waals surface area contributed by atoms with Crippen LogP contribution in [0.3, 0.4) is 0 Å². The second kappa shape index (κ2) is 7.98. The van der Waals surface area contributed by atoms with Crippen molar-refractivity contribution in [2.24, 2.45) is 5.92 Å². The summed E-state index contributed by atoms with van der Waals surface area (Å²) in [7, 11) is -3.51. The summed E-state index contributed by atoms with van der Waals surface area (Å²) in [6, 6.07) is 5.96. The molecule has 2 amide bonds. The van der Waals surface area contributed by atoms with E-state index in [0.717, 1.165) is 19.3 Å². The Balaban J connectivity index is 1.95.